The summed E-state index contributed by atoms with van der Waals surface area (Å²) in [6, 6.07) is 7.30. The van der Waals surface area contributed by atoms with Crippen LogP contribution in [0.4, 0.5) is 70.2 Å². The summed E-state index contributed by atoms with van der Waals surface area (Å²) in [5.74, 6) is -17.4. The van der Waals surface area contributed by atoms with Crippen molar-refractivity contribution in [2.45, 2.75) is 55.1 Å². The van der Waals surface area contributed by atoms with E-state index in [-0.39, 0.29) is 60.2 Å². The molecule has 6 rings (SSSR count). The molecule has 0 bridgehead atoms. The molecule has 2 aromatic carbocycles. The monoisotopic (exact) mass is 1140 g/mol. The van der Waals surface area contributed by atoms with Crippen molar-refractivity contribution in [1.82, 2.24) is 9.97 Å². The fourth-order valence-corrected chi connectivity index (χ4v) is 6.78. The number of benzene rings is 2. The predicted molar refractivity (Wildman–Crippen MR) is 221 cm³/mol. The molecule has 400 valence electrons. The Hall–Kier alpha value is -5.56. The standard InChI is InChI=1S/C39H24Cl2F16N4O2.2CH4O3S/c40-13-19-60-15-9-21(10-16-60)27-29(34(42,43)38(52,53)54)62-31(58-27)23-1-5-25(6-2-23)33(36(46,47)48,37(49,50)51)26-7-3-24(4-8-26)32-59-28(22-11-17-61(18-12-22)20-14-41)30(63-32)35(44,45)39(55,56)57;2*1-5(2,3)4/h1-12,15-18H,13-14,19-20H2;2*1H3,(H,2,3,4)/q+2;;/p-2. The van der Waals surface area contributed by atoms with Gasteiger partial charge < -0.3 is 17.9 Å². The molecule has 4 heterocycles. The normalized spacial score (nSPS) is 13.2. The van der Waals surface area contributed by atoms with Gasteiger partial charge in [-0.1, -0.05) is 24.3 Å². The molecule has 0 saturated heterocycles. The molecule has 0 amide bonds. The molecule has 4 aromatic heterocycles. The van der Waals surface area contributed by atoms with Crippen molar-refractivity contribution < 1.29 is 114 Å². The van der Waals surface area contributed by atoms with Gasteiger partial charge in [-0.2, -0.15) is 70.2 Å². The third kappa shape index (κ3) is 14.0. The van der Waals surface area contributed by atoms with E-state index >= 15 is 26.3 Å². The average Bonchev–Trinajstić information content (AvgIpc) is 3.90. The minimum atomic E-state index is -6.26. The van der Waals surface area contributed by atoms with Gasteiger partial charge in [0.05, 0.1) is 32.0 Å². The Morgan fingerprint density at radius 2 is 0.726 bits per heavy atom. The number of aryl methyl sites for hydroxylation is 2. The number of aromatic nitrogens is 4. The highest BCUT2D eigenvalue weighted by molar-refractivity contribution is 7.85. The first-order valence-electron chi connectivity index (χ1n) is 19.4. The zero-order valence-electron chi connectivity index (χ0n) is 36.2. The van der Waals surface area contributed by atoms with Gasteiger partial charge in [0.15, 0.2) is 37.9 Å². The van der Waals surface area contributed by atoms with Crippen LogP contribution in [0.15, 0.2) is 106 Å². The van der Waals surface area contributed by atoms with Crippen molar-refractivity contribution in [3.05, 3.63) is 120 Å². The maximum absolute atomic E-state index is 15.0. The van der Waals surface area contributed by atoms with E-state index < -0.39 is 119 Å². The molecule has 0 unspecified atom stereocenters. The molecule has 73 heavy (non-hydrogen) atoms. The lowest BCUT2D eigenvalue weighted by molar-refractivity contribution is -0.692. The van der Waals surface area contributed by atoms with E-state index in [1.165, 1.54) is 33.9 Å². The SMILES string of the molecule is CS(=O)(=O)[O-].CS(=O)(=O)[O-].FC(F)(F)C(F)(F)c1oc(-c2ccc(C(c3ccc(-c4nc(-c5cc[n+](CCCl)cc5)c(C(F)(F)C(F)(F)F)o4)cc3)(C(F)(F)F)C(F)(F)F)cc2)nc1-c1cc[n+](CCCl)cc1. The molecular formula is C41H30Cl2F16N4O8S2. The molecule has 12 nitrogen and oxygen atoms in total. The summed E-state index contributed by atoms with van der Waals surface area (Å²) in [7, 11) is -7.83. The van der Waals surface area contributed by atoms with E-state index in [1.807, 2.05) is 0 Å². The second kappa shape index (κ2) is 21.7. The molecule has 32 heteroatoms. The fraction of sp³-hybridized carbons (Fsp3) is 0.317. The van der Waals surface area contributed by atoms with Gasteiger partial charge in [0.25, 0.3) is 0 Å². The van der Waals surface area contributed by atoms with E-state index in [1.54, 1.807) is 0 Å². The van der Waals surface area contributed by atoms with Crippen molar-refractivity contribution >= 4 is 43.4 Å². The Morgan fingerprint density at radius 3 is 0.945 bits per heavy atom. The second-order valence-electron chi connectivity index (χ2n) is 14.9. The third-order valence-electron chi connectivity index (χ3n) is 9.53. The Morgan fingerprint density at radius 1 is 0.466 bits per heavy atom. The van der Waals surface area contributed by atoms with E-state index in [0.29, 0.717) is 36.8 Å². The molecule has 6 aromatic rings. The summed E-state index contributed by atoms with van der Waals surface area (Å²) in [4.78, 5) is 7.41. The summed E-state index contributed by atoms with van der Waals surface area (Å²) in [6.45, 7) is 0.401. The zero-order chi connectivity index (χ0) is 55.6. The fourth-order valence-electron chi connectivity index (χ4n) is 6.39. The minimum Gasteiger partial charge on any atom is -0.748 e. The van der Waals surface area contributed by atoms with Crippen LogP contribution in [0.3, 0.4) is 0 Å². The molecule has 0 N–H and O–H groups in total. The Balaban J connectivity index is 0.00000105. The Kier molecular flexibility index (Phi) is 17.9. The highest BCUT2D eigenvalue weighted by atomic mass is 35.5. The number of oxazole rings is 2. The van der Waals surface area contributed by atoms with Crippen molar-refractivity contribution in [3.8, 4) is 45.4 Å². The maximum Gasteiger partial charge on any atom is 0.461 e. The first-order valence-corrected chi connectivity index (χ1v) is 24.1. The highest BCUT2D eigenvalue weighted by Crippen LogP contribution is 2.57. The number of hydrogen-bond acceptors (Lipinski definition) is 10. The van der Waals surface area contributed by atoms with E-state index in [2.05, 4.69) is 9.97 Å². The van der Waals surface area contributed by atoms with Gasteiger partial charge in [-0.15, -0.1) is 23.2 Å². The Bertz CT molecular complexity index is 2830. The van der Waals surface area contributed by atoms with Crippen LogP contribution in [0.2, 0.25) is 0 Å². The number of alkyl halides is 18. The molecular weight excluding hydrogens is 1120 g/mol. The number of rotatable bonds is 12. The van der Waals surface area contributed by atoms with Crippen molar-refractivity contribution in [1.29, 1.82) is 0 Å². The van der Waals surface area contributed by atoms with Crippen molar-refractivity contribution in [2.75, 3.05) is 24.3 Å². The van der Waals surface area contributed by atoms with Gasteiger partial charge >= 0.3 is 36.6 Å². The first-order chi connectivity index (χ1) is 33.2. The average molecular weight is 1150 g/mol. The summed E-state index contributed by atoms with van der Waals surface area (Å²) in [5, 5.41) is 0. The van der Waals surface area contributed by atoms with E-state index in [0.717, 1.165) is 24.3 Å². The highest BCUT2D eigenvalue weighted by Gasteiger charge is 2.72. The van der Waals surface area contributed by atoms with E-state index in [9.17, 15) is 43.9 Å². The number of halogens is 18. The molecule has 0 saturated carbocycles. The van der Waals surface area contributed by atoms with Crippen LogP contribution < -0.4 is 9.13 Å². The molecule has 0 aliphatic carbocycles. The molecule has 0 fully saturated rings. The molecule has 0 atom stereocenters. The zero-order valence-corrected chi connectivity index (χ0v) is 39.4. The Labute approximate surface area is 411 Å². The molecule has 0 spiro atoms. The molecule has 0 radical (unpaired) electrons. The molecule has 0 aliphatic heterocycles. The lowest BCUT2D eigenvalue weighted by Gasteiger charge is -2.38. The van der Waals surface area contributed by atoms with Gasteiger partial charge in [0.1, 0.15) is 11.4 Å². The number of pyridine rings is 2. The second-order valence-corrected chi connectivity index (χ2v) is 18.4. The van der Waals surface area contributed by atoms with Crippen LogP contribution in [0, 0.1) is 0 Å². The third-order valence-corrected chi connectivity index (χ3v) is 9.87. The van der Waals surface area contributed by atoms with Crippen molar-refractivity contribution in [2.24, 2.45) is 0 Å². The van der Waals surface area contributed by atoms with Crippen LogP contribution in [-0.2, 0) is 50.6 Å². The van der Waals surface area contributed by atoms with Crippen LogP contribution in [0.5, 0.6) is 0 Å². The predicted octanol–water partition coefficient (Wildman–Crippen LogP) is 10.4. The topological polar surface area (TPSA) is 174 Å². The van der Waals surface area contributed by atoms with Crippen LogP contribution in [0.25, 0.3) is 45.4 Å². The van der Waals surface area contributed by atoms with E-state index in [4.69, 9.17) is 58.0 Å². The smallest absolute Gasteiger partial charge is 0.461 e. The number of nitrogens with zero attached hydrogens (tertiary/aromatic N) is 4. The number of hydrogen-bond donors (Lipinski definition) is 0. The summed E-state index contributed by atoms with van der Waals surface area (Å²) in [5.41, 5.74) is -12.1. The molecule has 0 aliphatic rings. The minimum absolute atomic E-state index is 0.0919. The largest absolute Gasteiger partial charge is 0.748 e. The summed E-state index contributed by atoms with van der Waals surface area (Å²) >= 11 is 11.3. The van der Waals surface area contributed by atoms with Crippen LogP contribution >= 0.6 is 23.2 Å². The van der Waals surface area contributed by atoms with Crippen LogP contribution in [0.1, 0.15) is 22.6 Å². The summed E-state index contributed by atoms with van der Waals surface area (Å²) in [6.07, 6.45) is -18.8. The lowest BCUT2D eigenvalue weighted by atomic mass is 9.72. The van der Waals surface area contributed by atoms with Gasteiger partial charge in [-0.05, 0) is 35.4 Å². The first kappa shape index (κ1) is 60.0. The van der Waals surface area contributed by atoms with Crippen molar-refractivity contribution in [3.63, 3.8) is 0 Å². The van der Waals surface area contributed by atoms with Gasteiger partial charge in [-0.3, -0.25) is 0 Å². The van der Waals surface area contributed by atoms with Crippen LogP contribution in [-0.4, -0.2) is 84.9 Å². The van der Waals surface area contributed by atoms with Gasteiger partial charge in [0.2, 0.25) is 28.7 Å². The van der Waals surface area contributed by atoms with Gasteiger partial charge in [0, 0.05) is 59.0 Å². The maximum atomic E-state index is 15.0. The summed E-state index contributed by atoms with van der Waals surface area (Å²) < 4.78 is 297. The quantitative estimate of drug-likeness (QED) is 0.0496. The lowest BCUT2D eigenvalue weighted by Crippen LogP contribution is -2.54. The van der Waals surface area contributed by atoms with Gasteiger partial charge in [-0.25, -0.2) is 35.9 Å².